The summed E-state index contributed by atoms with van der Waals surface area (Å²) in [5.41, 5.74) is -0.00308. The molecule has 0 N–H and O–H groups in total. The Morgan fingerprint density at radius 1 is 1.33 bits per heavy atom. The van der Waals surface area contributed by atoms with Crippen LogP contribution in [0.3, 0.4) is 0 Å². The molecule has 3 nitrogen and oxygen atoms in total. The summed E-state index contributed by atoms with van der Waals surface area (Å²) in [6.07, 6.45) is -2.36. The van der Waals surface area contributed by atoms with E-state index < -0.39 is 11.7 Å². The number of halogens is 3. The number of hydrogen-bond acceptors (Lipinski definition) is 4. The number of ether oxygens (including phenoxy) is 1. The van der Waals surface area contributed by atoms with Crippen LogP contribution in [0.1, 0.15) is 24.0 Å². The van der Waals surface area contributed by atoms with Gasteiger partial charge >= 0.3 is 12.1 Å². The third-order valence-corrected chi connectivity index (χ3v) is 6.33. The lowest BCUT2D eigenvalue weighted by Crippen LogP contribution is -2.55. The molecule has 1 aromatic rings. The van der Waals surface area contributed by atoms with E-state index in [1.165, 1.54) is 19.2 Å². The van der Waals surface area contributed by atoms with Crippen LogP contribution in [-0.4, -0.2) is 36.4 Å². The van der Waals surface area contributed by atoms with Gasteiger partial charge in [0, 0.05) is 5.75 Å². The Hall–Kier alpha value is -1.21. The second-order valence-electron chi connectivity index (χ2n) is 6.32. The van der Waals surface area contributed by atoms with Gasteiger partial charge in [-0.2, -0.15) is 13.2 Å². The molecule has 0 aromatic heterocycles. The highest BCUT2D eigenvalue weighted by atomic mass is 32.2. The lowest BCUT2D eigenvalue weighted by Gasteiger charge is -2.49. The van der Waals surface area contributed by atoms with E-state index in [1.54, 1.807) is 17.8 Å². The van der Waals surface area contributed by atoms with E-state index in [-0.39, 0.29) is 17.3 Å². The minimum absolute atomic E-state index is 0.0144. The van der Waals surface area contributed by atoms with E-state index in [0.717, 1.165) is 32.0 Å². The zero-order valence-electron chi connectivity index (χ0n) is 13.4. The van der Waals surface area contributed by atoms with Gasteiger partial charge in [0.25, 0.3) is 0 Å². The number of benzene rings is 1. The highest BCUT2D eigenvalue weighted by molar-refractivity contribution is 7.99. The van der Waals surface area contributed by atoms with Crippen LogP contribution < -0.4 is 0 Å². The summed E-state index contributed by atoms with van der Waals surface area (Å²) in [7, 11) is 1.40. The number of fused-ring (bicyclic) bond motifs is 3. The molecule has 7 heteroatoms. The Bertz CT molecular complexity index is 600. The minimum atomic E-state index is -4.33. The summed E-state index contributed by atoms with van der Waals surface area (Å²) in [4.78, 5) is 14.4. The predicted molar refractivity (Wildman–Crippen MR) is 86.3 cm³/mol. The maximum atomic E-state index is 12.8. The second kappa shape index (κ2) is 6.96. The fourth-order valence-corrected chi connectivity index (χ4v) is 5.17. The minimum Gasteiger partial charge on any atom is -0.469 e. The van der Waals surface area contributed by atoms with Gasteiger partial charge in [-0.05, 0) is 43.5 Å². The van der Waals surface area contributed by atoms with Crippen LogP contribution in [-0.2, 0) is 21.5 Å². The fraction of sp³-hybridized carbons (Fsp3) is 0.588. The van der Waals surface area contributed by atoms with Gasteiger partial charge in [0.1, 0.15) is 0 Å². The van der Waals surface area contributed by atoms with Gasteiger partial charge in [-0.3, -0.25) is 9.69 Å². The normalized spacial score (nSPS) is 29.5. The van der Waals surface area contributed by atoms with Gasteiger partial charge in [0.2, 0.25) is 0 Å². The molecule has 24 heavy (non-hydrogen) atoms. The Morgan fingerprint density at radius 3 is 2.67 bits per heavy atom. The number of thioether (sulfide) groups is 1. The van der Waals surface area contributed by atoms with Crippen molar-refractivity contribution in [3.63, 3.8) is 0 Å². The van der Waals surface area contributed by atoms with Crippen LogP contribution in [0.2, 0.25) is 0 Å². The molecule has 3 aliphatic rings. The molecule has 0 amide bonds. The highest BCUT2D eigenvalue weighted by Crippen LogP contribution is 2.43. The number of hydrogen-bond donors (Lipinski definition) is 0. The van der Waals surface area contributed by atoms with Crippen molar-refractivity contribution in [3.05, 3.63) is 35.4 Å². The molecule has 3 saturated heterocycles. The molecule has 0 spiro atoms. The molecule has 2 bridgehead atoms. The molecule has 2 atom stereocenters. The van der Waals surface area contributed by atoms with Gasteiger partial charge in [-0.15, -0.1) is 11.8 Å². The first-order valence-corrected chi connectivity index (χ1v) is 9.04. The monoisotopic (exact) mass is 359 g/mol. The van der Waals surface area contributed by atoms with E-state index in [9.17, 15) is 18.0 Å². The molecular formula is C17H20F3NO2S. The summed E-state index contributed by atoms with van der Waals surface area (Å²) in [6, 6.07) is 5.41. The van der Waals surface area contributed by atoms with E-state index in [4.69, 9.17) is 4.74 Å². The van der Waals surface area contributed by atoms with Crippen LogP contribution in [0.4, 0.5) is 13.2 Å². The Labute approximate surface area is 143 Å². The molecule has 4 rings (SSSR count). The van der Waals surface area contributed by atoms with Crippen LogP contribution in [0.15, 0.2) is 24.3 Å². The molecule has 0 saturated carbocycles. The van der Waals surface area contributed by atoms with Crippen molar-refractivity contribution in [3.8, 4) is 0 Å². The molecule has 132 valence electrons. The van der Waals surface area contributed by atoms with E-state index >= 15 is 0 Å². The van der Waals surface area contributed by atoms with Gasteiger partial charge in [0.15, 0.2) is 0 Å². The first-order valence-electron chi connectivity index (χ1n) is 8.00. The van der Waals surface area contributed by atoms with Crippen LogP contribution >= 0.6 is 11.8 Å². The maximum absolute atomic E-state index is 12.8. The number of nitrogens with zero attached hydrogens (tertiary/aromatic N) is 1. The van der Waals surface area contributed by atoms with Crippen LogP contribution in [0, 0.1) is 11.8 Å². The SMILES string of the molecule is COC(=O)[C@@H]1C2CCN(CC2)[C@@H]1SCc1cccc(C(F)(F)F)c1. The molecule has 3 heterocycles. The summed E-state index contributed by atoms with van der Waals surface area (Å²) < 4.78 is 43.4. The average molecular weight is 359 g/mol. The van der Waals surface area contributed by atoms with E-state index in [2.05, 4.69) is 4.90 Å². The van der Waals surface area contributed by atoms with Gasteiger partial charge in [-0.1, -0.05) is 18.2 Å². The van der Waals surface area contributed by atoms with Gasteiger partial charge in [0.05, 0.1) is 24.0 Å². The zero-order chi connectivity index (χ0) is 17.3. The number of methoxy groups -OCH3 is 1. The third-order valence-electron chi connectivity index (χ3n) is 4.90. The molecule has 0 radical (unpaired) electrons. The van der Waals surface area contributed by atoms with Crippen molar-refractivity contribution in [2.45, 2.75) is 30.1 Å². The van der Waals surface area contributed by atoms with Crippen LogP contribution in [0.25, 0.3) is 0 Å². The van der Waals surface area contributed by atoms with Crippen molar-refractivity contribution in [1.82, 2.24) is 4.90 Å². The smallest absolute Gasteiger partial charge is 0.416 e. The molecule has 0 aliphatic carbocycles. The number of carbonyl (C=O) groups is 1. The number of alkyl halides is 3. The summed E-state index contributed by atoms with van der Waals surface area (Å²) >= 11 is 1.54. The molecule has 0 unspecified atom stereocenters. The Kier molecular flexibility index (Phi) is 5.11. The molecular weight excluding hydrogens is 339 g/mol. The van der Waals surface area contributed by atoms with Crippen molar-refractivity contribution in [2.24, 2.45) is 11.8 Å². The predicted octanol–water partition coefficient (Wildman–Crippen LogP) is 3.78. The van der Waals surface area contributed by atoms with E-state index in [1.807, 2.05) is 0 Å². The first kappa shape index (κ1) is 17.6. The fourth-order valence-electron chi connectivity index (χ4n) is 3.67. The maximum Gasteiger partial charge on any atom is 0.416 e. The largest absolute Gasteiger partial charge is 0.469 e. The standard InChI is InChI=1S/C17H20F3NO2S/c1-23-16(22)14-12-5-7-21(8-6-12)15(14)24-10-11-3-2-4-13(9-11)17(18,19)20/h2-4,9,12,14-15H,5-8,10H2,1H3/t14-,15-/m1/s1. The zero-order valence-corrected chi connectivity index (χ0v) is 14.2. The lowest BCUT2D eigenvalue weighted by atomic mass is 9.79. The summed E-state index contributed by atoms with van der Waals surface area (Å²) in [6.45, 7) is 1.89. The van der Waals surface area contributed by atoms with Crippen molar-refractivity contribution in [1.29, 1.82) is 0 Å². The number of piperidine rings is 3. The molecule has 1 aromatic carbocycles. The van der Waals surface area contributed by atoms with Crippen molar-refractivity contribution >= 4 is 17.7 Å². The number of rotatable bonds is 4. The highest BCUT2D eigenvalue weighted by Gasteiger charge is 2.46. The summed E-state index contributed by atoms with van der Waals surface area (Å²) in [5.74, 6) is 0.381. The third kappa shape index (κ3) is 3.57. The Morgan fingerprint density at radius 2 is 2.04 bits per heavy atom. The van der Waals surface area contributed by atoms with Gasteiger partial charge < -0.3 is 4.74 Å². The molecule has 3 fully saturated rings. The lowest BCUT2D eigenvalue weighted by molar-refractivity contribution is -0.153. The average Bonchev–Trinajstić information content (AvgIpc) is 2.59. The second-order valence-corrected chi connectivity index (χ2v) is 7.43. The summed E-state index contributed by atoms with van der Waals surface area (Å²) in [5, 5.41) is -0.0144. The molecule has 3 aliphatic heterocycles. The Balaban J connectivity index is 1.72. The van der Waals surface area contributed by atoms with Crippen LogP contribution in [0.5, 0.6) is 0 Å². The topological polar surface area (TPSA) is 29.5 Å². The van der Waals surface area contributed by atoms with Crippen molar-refractivity contribution < 1.29 is 22.7 Å². The first-order chi connectivity index (χ1) is 11.4. The quantitative estimate of drug-likeness (QED) is 0.766. The van der Waals surface area contributed by atoms with Crippen molar-refractivity contribution in [2.75, 3.05) is 20.2 Å². The number of esters is 1. The van der Waals surface area contributed by atoms with Gasteiger partial charge in [-0.25, -0.2) is 0 Å². The number of carbonyl (C=O) groups excluding carboxylic acids is 1. The van der Waals surface area contributed by atoms with E-state index in [0.29, 0.717) is 17.2 Å².